The lowest BCUT2D eigenvalue weighted by Gasteiger charge is -2.10. The van der Waals surface area contributed by atoms with E-state index in [1.165, 1.54) is 0 Å². The van der Waals surface area contributed by atoms with Gasteiger partial charge in [0.05, 0.1) is 17.2 Å². The van der Waals surface area contributed by atoms with Crippen LogP contribution in [0.15, 0.2) is 12.1 Å². The van der Waals surface area contributed by atoms with Crippen LogP contribution in [0, 0.1) is 28.8 Å². The summed E-state index contributed by atoms with van der Waals surface area (Å²) in [5.41, 5.74) is 8.36. The van der Waals surface area contributed by atoms with Crippen molar-refractivity contribution in [2.24, 2.45) is 5.92 Å². The van der Waals surface area contributed by atoms with Gasteiger partial charge in [-0.25, -0.2) is 4.79 Å². The van der Waals surface area contributed by atoms with Crippen LogP contribution < -0.4 is 0 Å². The molecule has 0 saturated heterocycles. The van der Waals surface area contributed by atoms with Gasteiger partial charge in [0, 0.05) is 11.1 Å². The van der Waals surface area contributed by atoms with E-state index >= 15 is 0 Å². The number of halogens is 1. The van der Waals surface area contributed by atoms with Crippen molar-refractivity contribution >= 4 is 33.7 Å². The number of benzene rings is 1. The number of esters is 1. The minimum Gasteiger partial charge on any atom is -0.462 e. The van der Waals surface area contributed by atoms with Crippen LogP contribution in [0.4, 0.5) is 0 Å². The first-order valence-corrected chi connectivity index (χ1v) is 16.2. The molecule has 0 fully saturated rings. The zero-order valence-electron chi connectivity index (χ0n) is 17.1. The van der Waals surface area contributed by atoms with Crippen molar-refractivity contribution in [3.8, 4) is 22.9 Å². The highest BCUT2D eigenvalue weighted by Gasteiger charge is 2.16. The molecule has 1 aromatic rings. The van der Waals surface area contributed by atoms with Crippen LogP contribution in [-0.2, 0) is 4.74 Å². The van der Waals surface area contributed by atoms with Gasteiger partial charge in [-0.2, -0.15) is 0 Å². The van der Waals surface area contributed by atoms with Gasteiger partial charge in [-0.3, -0.25) is 0 Å². The summed E-state index contributed by atoms with van der Waals surface area (Å²) >= 11 is 6.54. The minimum absolute atomic E-state index is 0.281. The third-order valence-corrected chi connectivity index (χ3v) is 5.16. The third kappa shape index (κ3) is 8.28. The number of hydrogen-bond acceptors (Lipinski definition) is 2. The summed E-state index contributed by atoms with van der Waals surface area (Å²) in [6.07, 6.45) is 0. The van der Waals surface area contributed by atoms with Gasteiger partial charge in [-0.1, -0.05) is 76.6 Å². The predicted molar refractivity (Wildman–Crippen MR) is 117 cm³/mol. The van der Waals surface area contributed by atoms with E-state index < -0.39 is 16.1 Å². The van der Waals surface area contributed by atoms with Gasteiger partial charge < -0.3 is 4.74 Å². The average molecular weight is 405 g/mol. The molecular weight excluding hydrogens is 376 g/mol. The predicted octanol–water partition coefficient (Wildman–Crippen LogP) is 5.61. The van der Waals surface area contributed by atoms with Gasteiger partial charge in [0.1, 0.15) is 16.1 Å². The number of carbonyl (C=O) groups excluding carboxylic acids is 1. The molecule has 0 aliphatic heterocycles. The summed E-state index contributed by atoms with van der Waals surface area (Å²) in [6, 6.07) is 3.44. The zero-order valence-corrected chi connectivity index (χ0v) is 19.9. The highest BCUT2D eigenvalue weighted by molar-refractivity contribution is 6.84. The number of ether oxygens (including phenoxy) is 1. The molecule has 140 valence electrons. The molecule has 0 saturated carbocycles. The molecule has 0 aromatic heterocycles. The monoisotopic (exact) mass is 404 g/mol. The molecule has 2 nitrogen and oxygen atoms in total. The fourth-order valence-corrected chi connectivity index (χ4v) is 2.98. The Bertz CT molecular complexity index is 739. The van der Waals surface area contributed by atoms with Crippen molar-refractivity contribution in [3.05, 3.63) is 33.8 Å². The summed E-state index contributed by atoms with van der Waals surface area (Å²) in [4.78, 5) is 12.4. The van der Waals surface area contributed by atoms with Crippen LogP contribution in [0.25, 0.3) is 0 Å². The fourth-order valence-electron chi connectivity index (χ4n) is 1.76. The molecule has 0 bridgehead atoms. The molecule has 0 aliphatic carbocycles. The van der Waals surface area contributed by atoms with E-state index in [2.05, 4.69) is 62.2 Å². The Morgan fingerprint density at radius 3 is 1.77 bits per heavy atom. The van der Waals surface area contributed by atoms with Gasteiger partial charge >= 0.3 is 5.97 Å². The molecule has 0 radical (unpaired) electrons. The molecule has 0 amide bonds. The topological polar surface area (TPSA) is 26.3 Å². The smallest absolute Gasteiger partial charge is 0.338 e. The second kappa shape index (κ2) is 8.95. The summed E-state index contributed by atoms with van der Waals surface area (Å²) in [7, 11) is -3.14. The molecule has 0 unspecified atom stereocenters. The molecular formula is C21H29ClO2Si2. The zero-order chi connectivity index (χ0) is 20.1. The Morgan fingerprint density at radius 1 is 1.00 bits per heavy atom. The van der Waals surface area contributed by atoms with Crippen LogP contribution in [-0.4, -0.2) is 28.7 Å². The lowest BCUT2D eigenvalue weighted by atomic mass is 10.1. The summed E-state index contributed by atoms with van der Waals surface area (Å²) in [6.45, 7) is 17.4. The lowest BCUT2D eigenvalue weighted by Crippen LogP contribution is -2.17. The van der Waals surface area contributed by atoms with Crippen molar-refractivity contribution in [1.29, 1.82) is 0 Å². The lowest BCUT2D eigenvalue weighted by molar-refractivity contribution is 0.0459. The van der Waals surface area contributed by atoms with E-state index in [0.29, 0.717) is 28.3 Å². The van der Waals surface area contributed by atoms with E-state index in [4.69, 9.17) is 16.3 Å². The van der Waals surface area contributed by atoms with Crippen molar-refractivity contribution < 1.29 is 9.53 Å². The molecule has 5 heteroatoms. The van der Waals surface area contributed by atoms with Gasteiger partial charge in [0.2, 0.25) is 0 Å². The highest BCUT2D eigenvalue weighted by atomic mass is 35.5. The molecule has 0 atom stereocenters. The van der Waals surface area contributed by atoms with E-state index in [1.54, 1.807) is 12.1 Å². The molecule has 1 aromatic carbocycles. The van der Waals surface area contributed by atoms with Crippen molar-refractivity contribution in [3.63, 3.8) is 0 Å². The van der Waals surface area contributed by atoms with E-state index in [0.717, 1.165) is 0 Å². The molecule has 0 aliphatic rings. The molecule has 26 heavy (non-hydrogen) atoms. The SMILES string of the molecule is CC(C)COC(=O)c1cc(C#C[Si](C)(C)C)c(Cl)c(C#C[Si](C)(C)C)c1. The van der Waals surface area contributed by atoms with Crippen LogP contribution >= 0.6 is 11.6 Å². The minimum atomic E-state index is -1.57. The Kier molecular flexibility index (Phi) is 7.77. The summed E-state index contributed by atoms with van der Waals surface area (Å²) in [5.74, 6) is 6.25. The van der Waals surface area contributed by atoms with Gasteiger partial charge in [-0.15, -0.1) is 11.1 Å². The quantitative estimate of drug-likeness (QED) is 0.371. The van der Waals surface area contributed by atoms with Gasteiger partial charge in [0.25, 0.3) is 0 Å². The maximum Gasteiger partial charge on any atom is 0.338 e. The van der Waals surface area contributed by atoms with Crippen molar-refractivity contribution in [2.45, 2.75) is 53.1 Å². The fraction of sp³-hybridized carbons (Fsp3) is 0.476. The first kappa shape index (κ1) is 22.6. The van der Waals surface area contributed by atoms with Gasteiger partial charge in [0.15, 0.2) is 0 Å². The van der Waals surface area contributed by atoms with E-state index in [-0.39, 0.29) is 11.9 Å². The van der Waals surface area contributed by atoms with Crippen LogP contribution in [0.3, 0.4) is 0 Å². The van der Waals surface area contributed by atoms with E-state index in [1.807, 2.05) is 13.8 Å². The normalized spacial score (nSPS) is 11.3. The Balaban J connectivity index is 3.44. The molecule has 0 N–H and O–H groups in total. The Labute approximate surface area is 165 Å². The first-order chi connectivity index (χ1) is 11.8. The van der Waals surface area contributed by atoms with Crippen LogP contribution in [0.1, 0.15) is 35.3 Å². The van der Waals surface area contributed by atoms with Gasteiger partial charge in [-0.05, 0) is 18.1 Å². The number of hydrogen-bond donors (Lipinski definition) is 0. The second-order valence-corrected chi connectivity index (χ2v) is 18.8. The molecule has 0 spiro atoms. The largest absolute Gasteiger partial charge is 0.462 e. The summed E-state index contributed by atoms with van der Waals surface area (Å²) < 4.78 is 5.37. The standard InChI is InChI=1S/C21H29ClO2Si2/c1-16(2)15-24-21(23)19-13-17(9-11-25(3,4)5)20(22)18(14-19)10-12-26(6,7)8/h13-14,16H,15H2,1-8H3. The van der Waals surface area contributed by atoms with E-state index in [9.17, 15) is 4.79 Å². The van der Waals surface area contributed by atoms with Crippen LogP contribution in [0.2, 0.25) is 44.3 Å². The number of carbonyl (C=O) groups is 1. The molecule has 1 rings (SSSR count). The first-order valence-electron chi connectivity index (χ1n) is 8.85. The Morgan fingerprint density at radius 2 is 1.42 bits per heavy atom. The Hall–Kier alpha value is -1.47. The molecule has 0 heterocycles. The highest BCUT2D eigenvalue weighted by Crippen LogP contribution is 2.23. The number of rotatable bonds is 3. The maximum atomic E-state index is 12.4. The average Bonchev–Trinajstić information content (AvgIpc) is 2.48. The van der Waals surface area contributed by atoms with Crippen molar-refractivity contribution in [2.75, 3.05) is 6.61 Å². The third-order valence-electron chi connectivity index (χ3n) is 3.00. The summed E-state index contributed by atoms with van der Waals surface area (Å²) in [5, 5.41) is 0.516. The maximum absolute atomic E-state index is 12.4. The van der Waals surface area contributed by atoms with Crippen LogP contribution in [0.5, 0.6) is 0 Å². The second-order valence-electron chi connectivity index (χ2n) is 8.88. The van der Waals surface area contributed by atoms with Crippen molar-refractivity contribution in [1.82, 2.24) is 0 Å².